The first-order valence-corrected chi connectivity index (χ1v) is 7.71. The number of hydrogen-bond donors (Lipinski definition) is 0. The molecule has 102 valence electrons. The maximum atomic E-state index is 4.70. The Morgan fingerprint density at radius 1 is 1.15 bits per heavy atom. The standard InChI is InChI=1S/C17H17BrN2/c1-3-4-13-5-7-14(8-6-13)16-11-20-10-15(18)12(2)9-17(20)19-16/h5-11H,3-4H2,1-2H3. The van der Waals surface area contributed by atoms with Crippen molar-refractivity contribution in [3.63, 3.8) is 0 Å². The van der Waals surface area contributed by atoms with Gasteiger partial charge in [0.15, 0.2) is 0 Å². The predicted molar refractivity (Wildman–Crippen MR) is 87.1 cm³/mol. The number of hydrogen-bond acceptors (Lipinski definition) is 1. The van der Waals surface area contributed by atoms with E-state index in [0.29, 0.717) is 0 Å². The summed E-state index contributed by atoms with van der Waals surface area (Å²) in [6, 6.07) is 10.8. The van der Waals surface area contributed by atoms with Crippen molar-refractivity contribution >= 4 is 21.6 Å². The molecule has 20 heavy (non-hydrogen) atoms. The van der Waals surface area contributed by atoms with E-state index in [1.165, 1.54) is 23.1 Å². The van der Waals surface area contributed by atoms with E-state index >= 15 is 0 Å². The van der Waals surface area contributed by atoms with Crippen LogP contribution in [0.2, 0.25) is 0 Å². The average molecular weight is 329 g/mol. The molecule has 0 atom stereocenters. The fourth-order valence-corrected chi connectivity index (χ4v) is 2.71. The summed E-state index contributed by atoms with van der Waals surface area (Å²) in [4.78, 5) is 4.70. The van der Waals surface area contributed by atoms with E-state index in [4.69, 9.17) is 4.98 Å². The number of rotatable bonds is 3. The van der Waals surface area contributed by atoms with Gasteiger partial charge in [-0.15, -0.1) is 0 Å². The molecule has 0 bridgehead atoms. The fraction of sp³-hybridized carbons (Fsp3) is 0.235. The maximum absolute atomic E-state index is 4.70. The lowest BCUT2D eigenvalue weighted by Crippen LogP contribution is -1.85. The number of benzene rings is 1. The lowest BCUT2D eigenvalue weighted by atomic mass is 10.1. The van der Waals surface area contributed by atoms with E-state index in [-0.39, 0.29) is 0 Å². The lowest BCUT2D eigenvalue weighted by molar-refractivity contribution is 0.922. The van der Waals surface area contributed by atoms with Gasteiger partial charge in [-0.05, 0) is 46.5 Å². The number of imidazole rings is 1. The highest BCUT2D eigenvalue weighted by atomic mass is 79.9. The monoisotopic (exact) mass is 328 g/mol. The molecule has 1 aromatic carbocycles. The third-order valence-electron chi connectivity index (χ3n) is 3.52. The number of halogens is 1. The van der Waals surface area contributed by atoms with Crippen LogP contribution in [0.5, 0.6) is 0 Å². The quantitative estimate of drug-likeness (QED) is 0.659. The Bertz CT molecular complexity index is 703. The molecule has 0 radical (unpaired) electrons. The van der Waals surface area contributed by atoms with Crippen molar-refractivity contribution in [3.05, 3.63) is 58.3 Å². The molecule has 0 amide bonds. The third-order valence-corrected chi connectivity index (χ3v) is 4.35. The van der Waals surface area contributed by atoms with Gasteiger partial charge in [0.25, 0.3) is 0 Å². The van der Waals surface area contributed by atoms with Crippen LogP contribution in [-0.4, -0.2) is 9.38 Å². The summed E-state index contributed by atoms with van der Waals surface area (Å²) in [5.74, 6) is 0. The highest BCUT2D eigenvalue weighted by molar-refractivity contribution is 9.10. The van der Waals surface area contributed by atoms with Crippen molar-refractivity contribution in [2.24, 2.45) is 0 Å². The summed E-state index contributed by atoms with van der Waals surface area (Å²) in [7, 11) is 0. The van der Waals surface area contributed by atoms with Crippen LogP contribution in [0.1, 0.15) is 24.5 Å². The summed E-state index contributed by atoms with van der Waals surface area (Å²) >= 11 is 3.56. The molecule has 0 spiro atoms. The highest BCUT2D eigenvalue weighted by Gasteiger charge is 2.06. The Labute approximate surface area is 127 Å². The number of fused-ring (bicyclic) bond motifs is 1. The number of nitrogens with zero attached hydrogens (tertiary/aromatic N) is 2. The van der Waals surface area contributed by atoms with Crippen molar-refractivity contribution in [1.82, 2.24) is 9.38 Å². The van der Waals surface area contributed by atoms with Crippen LogP contribution >= 0.6 is 15.9 Å². The summed E-state index contributed by atoms with van der Waals surface area (Å²) in [5.41, 5.74) is 5.76. The molecule has 0 aliphatic carbocycles. The molecule has 3 heteroatoms. The zero-order chi connectivity index (χ0) is 14.1. The first kappa shape index (κ1) is 13.4. The topological polar surface area (TPSA) is 17.3 Å². The second kappa shape index (κ2) is 5.41. The lowest BCUT2D eigenvalue weighted by Gasteiger charge is -2.00. The van der Waals surface area contributed by atoms with Crippen LogP contribution < -0.4 is 0 Å². The van der Waals surface area contributed by atoms with Crippen molar-refractivity contribution < 1.29 is 0 Å². The summed E-state index contributed by atoms with van der Waals surface area (Å²) < 4.78 is 3.17. The van der Waals surface area contributed by atoms with Crippen LogP contribution in [-0.2, 0) is 6.42 Å². The van der Waals surface area contributed by atoms with Gasteiger partial charge in [0.2, 0.25) is 0 Å². The molecule has 2 nitrogen and oxygen atoms in total. The van der Waals surface area contributed by atoms with Gasteiger partial charge in [-0.3, -0.25) is 0 Å². The molecule has 3 rings (SSSR count). The number of aromatic nitrogens is 2. The van der Waals surface area contributed by atoms with E-state index in [2.05, 4.69) is 76.9 Å². The summed E-state index contributed by atoms with van der Waals surface area (Å²) in [6.45, 7) is 4.29. The zero-order valence-corrected chi connectivity index (χ0v) is 13.3. The van der Waals surface area contributed by atoms with Gasteiger partial charge in [-0.1, -0.05) is 37.6 Å². The van der Waals surface area contributed by atoms with E-state index in [1.807, 2.05) is 0 Å². The van der Waals surface area contributed by atoms with Gasteiger partial charge in [0.1, 0.15) is 5.65 Å². The molecular weight excluding hydrogens is 312 g/mol. The van der Waals surface area contributed by atoms with Gasteiger partial charge in [0, 0.05) is 22.4 Å². The van der Waals surface area contributed by atoms with E-state index in [0.717, 1.165) is 22.2 Å². The normalized spacial score (nSPS) is 11.2. The Kier molecular flexibility index (Phi) is 3.62. The molecule has 0 unspecified atom stereocenters. The molecule has 0 fully saturated rings. The fourth-order valence-electron chi connectivity index (χ4n) is 2.37. The number of aryl methyl sites for hydroxylation is 2. The van der Waals surface area contributed by atoms with Crippen LogP contribution in [0.4, 0.5) is 0 Å². The maximum Gasteiger partial charge on any atom is 0.137 e. The first-order chi connectivity index (χ1) is 9.67. The molecule has 0 N–H and O–H groups in total. The minimum atomic E-state index is 0.985. The Morgan fingerprint density at radius 2 is 1.90 bits per heavy atom. The molecule has 0 saturated carbocycles. The molecule has 0 aliphatic heterocycles. The highest BCUT2D eigenvalue weighted by Crippen LogP contribution is 2.23. The van der Waals surface area contributed by atoms with Crippen LogP contribution in [0.3, 0.4) is 0 Å². The molecule has 2 heterocycles. The van der Waals surface area contributed by atoms with Crippen LogP contribution in [0, 0.1) is 6.92 Å². The Morgan fingerprint density at radius 3 is 2.60 bits per heavy atom. The van der Waals surface area contributed by atoms with Crippen molar-refractivity contribution in [2.45, 2.75) is 26.7 Å². The van der Waals surface area contributed by atoms with Crippen LogP contribution in [0.15, 0.2) is 47.2 Å². The third kappa shape index (κ3) is 2.50. The first-order valence-electron chi connectivity index (χ1n) is 6.91. The molecule has 0 aliphatic rings. The van der Waals surface area contributed by atoms with Crippen molar-refractivity contribution in [1.29, 1.82) is 0 Å². The van der Waals surface area contributed by atoms with Crippen LogP contribution in [0.25, 0.3) is 16.9 Å². The Balaban J connectivity index is 2.01. The molecule has 3 aromatic rings. The molecule has 0 saturated heterocycles. The minimum Gasteiger partial charge on any atom is -0.305 e. The van der Waals surface area contributed by atoms with Crippen molar-refractivity contribution in [3.8, 4) is 11.3 Å². The zero-order valence-electron chi connectivity index (χ0n) is 11.7. The predicted octanol–water partition coefficient (Wildman–Crippen LogP) is 5.02. The summed E-state index contributed by atoms with van der Waals surface area (Å²) in [6.07, 6.45) is 6.46. The van der Waals surface area contributed by atoms with Gasteiger partial charge >= 0.3 is 0 Å². The second-order valence-corrected chi connectivity index (χ2v) is 6.00. The molecule has 2 aromatic heterocycles. The second-order valence-electron chi connectivity index (χ2n) is 5.14. The average Bonchev–Trinajstić information content (AvgIpc) is 2.83. The Hall–Kier alpha value is -1.61. The SMILES string of the molecule is CCCc1ccc(-c2cn3cc(Br)c(C)cc3n2)cc1. The van der Waals surface area contributed by atoms with Gasteiger partial charge in [-0.25, -0.2) is 4.98 Å². The van der Waals surface area contributed by atoms with Crippen molar-refractivity contribution in [2.75, 3.05) is 0 Å². The van der Waals surface area contributed by atoms with Gasteiger partial charge in [-0.2, -0.15) is 0 Å². The smallest absolute Gasteiger partial charge is 0.137 e. The van der Waals surface area contributed by atoms with Gasteiger partial charge < -0.3 is 4.40 Å². The van der Waals surface area contributed by atoms with E-state index < -0.39 is 0 Å². The molecular formula is C17H17BrN2. The van der Waals surface area contributed by atoms with Gasteiger partial charge in [0.05, 0.1) is 5.69 Å². The summed E-state index contributed by atoms with van der Waals surface area (Å²) in [5, 5.41) is 0. The van der Waals surface area contributed by atoms with E-state index in [9.17, 15) is 0 Å². The largest absolute Gasteiger partial charge is 0.305 e. The minimum absolute atomic E-state index is 0.985. The number of pyridine rings is 1. The van der Waals surface area contributed by atoms with E-state index in [1.54, 1.807) is 0 Å².